The molecule has 0 saturated carbocycles. The van der Waals surface area contributed by atoms with Crippen LogP contribution in [0, 0.1) is 0 Å². The highest BCUT2D eigenvalue weighted by molar-refractivity contribution is 7.80. The second-order valence-electron chi connectivity index (χ2n) is 4.24. The largest absolute Gasteiger partial charge is 0.389 e. The third kappa shape index (κ3) is 3.03. The highest BCUT2D eigenvalue weighted by atomic mass is 32.1. The molecule has 0 fully saturated rings. The Morgan fingerprint density at radius 2 is 2.15 bits per heavy atom. The fraction of sp³-hybridized carbons (Fsp3) is 0.214. The Bertz CT molecular complexity index is 657. The summed E-state index contributed by atoms with van der Waals surface area (Å²) >= 11 is 5.04. The fourth-order valence-corrected chi connectivity index (χ4v) is 2.10. The number of hydrogen-bond donors (Lipinski definition) is 3. The van der Waals surface area contributed by atoms with E-state index in [0.29, 0.717) is 12.1 Å². The van der Waals surface area contributed by atoms with Crippen LogP contribution in [-0.4, -0.2) is 29.0 Å². The number of aromatic nitrogens is 1. The molecule has 2 rings (SSSR count). The summed E-state index contributed by atoms with van der Waals surface area (Å²) in [5, 5.41) is 6.72. The number of hydrogen-bond acceptors (Lipinski definition) is 4. The van der Waals surface area contributed by atoms with Gasteiger partial charge in [-0.15, -0.1) is 0 Å². The first-order chi connectivity index (χ1) is 9.63. The Morgan fingerprint density at radius 3 is 2.85 bits per heavy atom. The topological polar surface area (TPSA) is 80.0 Å². The van der Waals surface area contributed by atoms with Gasteiger partial charge in [0, 0.05) is 18.1 Å². The van der Waals surface area contributed by atoms with E-state index in [1.54, 1.807) is 6.20 Å². The average molecular weight is 288 g/mol. The number of likely N-dealkylation sites (N-methyl/N-ethyl adjacent to an activating group) is 1. The van der Waals surface area contributed by atoms with Gasteiger partial charge in [-0.05, 0) is 13.0 Å². The van der Waals surface area contributed by atoms with Crippen molar-refractivity contribution >= 4 is 39.7 Å². The first-order valence-electron chi connectivity index (χ1n) is 6.31. The van der Waals surface area contributed by atoms with Gasteiger partial charge in [-0.25, -0.2) is 0 Å². The maximum atomic E-state index is 11.6. The van der Waals surface area contributed by atoms with Crippen LogP contribution in [0.5, 0.6) is 0 Å². The number of nitrogens with zero attached hydrogens (tertiary/aromatic N) is 1. The van der Waals surface area contributed by atoms with Crippen molar-refractivity contribution < 1.29 is 4.79 Å². The minimum absolute atomic E-state index is 0.0812. The number of nitrogens with two attached hydrogens (primary N) is 1. The summed E-state index contributed by atoms with van der Waals surface area (Å²) in [6, 6.07) is 7.63. The van der Waals surface area contributed by atoms with Crippen LogP contribution in [-0.2, 0) is 4.79 Å². The predicted molar refractivity (Wildman–Crippen MR) is 84.8 cm³/mol. The van der Waals surface area contributed by atoms with Gasteiger partial charge in [0.25, 0.3) is 0 Å². The van der Waals surface area contributed by atoms with Crippen LogP contribution in [0.3, 0.4) is 0 Å². The summed E-state index contributed by atoms with van der Waals surface area (Å²) < 4.78 is 0. The van der Waals surface area contributed by atoms with Crippen molar-refractivity contribution in [2.24, 2.45) is 5.73 Å². The number of pyridine rings is 1. The Balaban J connectivity index is 2.39. The minimum Gasteiger partial charge on any atom is -0.389 e. The zero-order valence-electron chi connectivity index (χ0n) is 11.1. The molecule has 0 aliphatic heterocycles. The summed E-state index contributed by atoms with van der Waals surface area (Å²) in [6.45, 7) is 2.64. The molecule has 0 aliphatic carbocycles. The molecular formula is C14H16N4OS. The zero-order valence-corrected chi connectivity index (χ0v) is 12.0. The molecule has 5 nitrogen and oxygen atoms in total. The van der Waals surface area contributed by atoms with Gasteiger partial charge in [0.15, 0.2) is 0 Å². The number of thiocarbonyl (C=S) groups is 1. The lowest BCUT2D eigenvalue weighted by atomic mass is 10.1. The first-order valence-corrected chi connectivity index (χ1v) is 6.72. The van der Waals surface area contributed by atoms with Gasteiger partial charge in [-0.2, -0.15) is 0 Å². The molecule has 4 N–H and O–H groups in total. The van der Waals surface area contributed by atoms with Crippen LogP contribution in [0.2, 0.25) is 0 Å². The van der Waals surface area contributed by atoms with E-state index >= 15 is 0 Å². The summed E-state index contributed by atoms with van der Waals surface area (Å²) in [5.41, 5.74) is 7.93. The number of fused-ring (bicyclic) bond motifs is 1. The molecule has 0 spiro atoms. The number of carbonyl (C=O) groups excluding carboxylic acids is 1. The third-order valence-electron chi connectivity index (χ3n) is 2.84. The number of anilines is 1. The van der Waals surface area contributed by atoms with Crippen LogP contribution < -0.4 is 16.4 Å². The van der Waals surface area contributed by atoms with Crippen LogP contribution >= 0.6 is 12.2 Å². The fourth-order valence-electron chi connectivity index (χ4n) is 1.95. The van der Waals surface area contributed by atoms with E-state index in [1.165, 1.54) is 0 Å². The molecule has 0 radical (unpaired) electrons. The molecule has 1 heterocycles. The smallest absolute Gasteiger partial charge is 0.239 e. The maximum Gasteiger partial charge on any atom is 0.239 e. The monoisotopic (exact) mass is 288 g/mol. The molecular weight excluding hydrogens is 272 g/mol. The Labute approximate surface area is 122 Å². The van der Waals surface area contributed by atoms with Crippen molar-refractivity contribution in [3.05, 3.63) is 36.0 Å². The predicted octanol–water partition coefficient (Wildman–Crippen LogP) is 1.42. The molecule has 20 heavy (non-hydrogen) atoms. The van der Waals surface area contributed by atoms with E-state index in [-0.39, 0.29) is 17.4 Å². The summed E-state index contributed by atoms with van der Waals surface area (Å²) in [7, 11) is 0. The number of rotatable bonds is 5. The third-order valence-corrected chi connectivity index (χ3v) is 3.06. The van der Waals surface area contributed by atoms with Crippen molar-refractivity contribution in [1.29, 1.82) is 0 Å². The number of carbonyl (C=O) groups is 1. The lowest BCUT2D eigenvalue weighted by molar-refractivity contribution is -0.119. The molecule has 0 atom stereocenters. The van der Waals surface area contributed by atoms with Gasteiger partial charge in [-0.3, -0.25) is 9.78 Å². The van der Waals surface area contributed by atoms with Crippen LogP contribution in [0.25, 0.3) is 10.9 Å². The maximum absolute atomic E-state index is 11.6. The van der Waals surface area contributed by atoms with Gasteiger partial charge in [-0.1, -0.05) is 30.4 Å². The zero-order chi connectivity index (χ0) is 14.5. The van der Waals surface area contributed by atoms with E-state index in [0.717, 1.165) is 16.6 Å². The van der Waals surface area contributed by atoms with Crippen LogP contribution in [0.15, 0.2) is 30.5 Å². The number of amides is 1. The highest BCUT2D eigenvalue weighted by Gasteiger charge is 2.11. The lowest BCUT2D eigenvalue weighted by Crippen LogP contribution is -2.30. The van der Waals surface area contributed by atoms with Gasteiger partial charge in [0.2, 0.25) is 5.91 Å². The Kier molecular flexibility index (Phi) is 4.47. The summed E-state index contributed by atoms with van der Waals surface area (Å²) in [5.74, 6) is -0.0812. The summed E-state index contributed by atoms with van der Waals surface area (Å²) in [6.07, 6.45) is 1.63. The molecule has 0 unspecified atom stereocenters. The van der Waals surface area contributed by atoms with Gasteiger partial charge < -0.3 is 16.4 Å². The van der Waals surface area contributed by atoms with Crippen molar-refractivity contribution in [3.8, 4) is 0 Å². The van der Waals surface area contributed by atoms with E-state index in [9.17, 15) is 4.79 Å². The van der Waals surface area contributed by atoms with Crippen LogP contribution in [0.1, 0.15) is 12.5 Å². The molecule has 1 amide bonds. The van der Waals surface area contributed by atoms with Crippen molar-refractivity contribution in [2.75, 3.05) is 18.4 Å². The average Bonchev–Trinajstić information content (AvgIpc) is 2.44. The van der Waals surface area contributed by atoms with E-state index in [4.69, 9.17) is 18.0 Å². The molecule has 0 aliphatic rings. The second-order valence-corrected chi connectivity index (χ2v) is 4.68. The standard InChI is InChI=1S/C14H16N4OS/c1-2-16-12(19)8-18-13-9-5-3-4-6-11(9)17-7-10(13)14(15)20/h3-7H,2,8H2,1H3,(H2,15,20)(H,16,19)(H,17,18). The van der Waals surface area contributed by atoms with Crippen molar-refractivity contribution in [2.45, 2.75) is 6.92 Å². The van der Waals surface area contributed by atoms with Gasteiger partial charge in [0.05, 0.1) is 23.3 Å². The van der Waals surface area contributed by atoms with Crippen molar-refractivity contribution in [1.82, 2.24) is 10.3 Å². The molecule has 1 aromatic heterocycles. The summed E-state index contributed by atoms with van der Waals surface area (Å²) in [4.78, 5) is 16.2. The van der Waals surface area contributed by atoms with Crippen molar-refractivity contribution in [3.63, 3.8) is 0 Å². The highest BCUT2D eigenvalue weighted by Crippen LogP contribution is 2.25. The molecule has 0 bridgehead atoms. The van der Waals surface area contributed by atoms with E-state index in [1.807, 2.05) is 31.2 Å². The normalized spacial score (nSPS) is 10.2. The first kappa shape index (κ1) is 14.2. The minimum atomic E-state index is -0.0812. The van der Waals surface area contributed by atoms with Gasteiger partial charge in [0.1, 0.15) is 4.99 Å². The van der Waals surface area contributed by atoms with Crippen LogP contribution in [0.4, 0.5) is 5.69 Å². The molecule has 6 heteroatoms. The number of benzene rings is 1. The molecule has 104 valence electrons. The molecule has 1 aromatic carbocycles. The second kappa shape index (κ2) is 6.29. The lowest BCUT2D eigenvalue weighted by Gasteiger charge is -2.13. The number of nitrogens with one attached hydrogen (secondary N) is 2. The SMILES string of the molecule is CCNC(=O)CNc1c(C(N)=S)cnc2ccccc12. The van der Waals surface area contributed by atoms with Gasteiger partial charge >= 0.3 is 0 Å². The van der Waals surface area contributed by atoms with E-state index < -0.39 is 0 Å². The quantitative estimate of drug-likeness (QED) is 0.725. The van der Waals surface area contributed by atoms with E-state index in [2.05, 4.69) is 15.6 Å². The Morgan fingerprint density at radius 1 is 1.40 bits per heavy atom. The Hall–Kier alpha value is -2.21. The molecule has 2 aromatic rings. The number of para-hydroxylation sites is 1. The molecule has 0 saturated heterocycles.